The van der Waals surface area contributed by atoms with Gasteiger partial charge in [0.15, 0.2) is 6.04 Å². The molecule has 0 amide bonds. The number of hydroxylamine groups is 2. The zero-order valence-corrected chi connectivity index (χ0v) is 16.7. The summed E-state index contributed by atoms with van der Waals surface area (Å²) < 4.78 is 5.27. The molecule has 7 nitrogen and oxygen atoms in total. The van der Waals surface area contributed by atoms with Crippen LogP contribution in [0.15, 0.2) is 42.5 Å². The number of aliphatic carboxylic acids is 1. The number of nitrogens with zero attached hydrogens (tertiary/aromatic N) is 1. The third-order valence-corrected chi connectivity index (χ3v) is 4.87. The Bertz CT molecular complexity index is 918. The molecule has 0 aliphatic heterocycles. The highest BCUT2D eigenvalue weighted by atomic mass is 16.8. The largest absolute Gasteiger partial charge is 0.528 e. The first kappa shape index (κ1) is 20.8. The maximum absolute atomic E-state index is 12.3. The molecule has 2 N–H and O–H groups in total. The lowest BCUT2D eigenvalue weighted by Crippen LogP contribution is -2.54. The maximum Gasteiger partial charge on any atom is 0.528 e. The number of aliphatic hydroxyl groups is 1. The van der Waals surface area contributed by atoms with Crippen LogP contribution in [0.2, 0.25) is 0 Å². The number of hydrogen-bond donors (Lipinski definition) is 2. The highest BCUT2D eigenvalue weighted by Crippen LogP contribution is 2.38. The van der Waals surface area contributed by atoms with E-state index in [1.54, 1.807) is 20.8 Å². The number of fused-ring (bicyclic) bond motifs is 3. The first-order valence-corrected chi connectivity index (χ1v) is 9.39. The number of carboxylic acid groups (broad SMARTS) is 1. The van der Waals surface area contributed by atoms with Gasteiger partial charge in [0.2, 0.25) is 0 Å². The van der Waals surface area contributed by atoms with Gasteiger partial charge < -0.3 is 19.8 Å². The van der Waals surface area contributed by atoms with Gasteiger partial charge >= 0.3 is 12.1 Å². The van der Waals surface area contributed by atoms with Crippen LogP contribution in [0, 0.1) is 0 Å². The summed E-state index contributed by atoms with van der Waals surface area (Å²) in [7, 11) is 0. The number of hydrogen-bond acceptors (Lipinski definition) is 6. The first-order chi connectivity index (χ1) is 13.7. The lowest BCUT2D eigenvalue weighted by Gasteiger charge is -2.36. The summed E-state index contributed by atoms with van der Waals surface area (Å²) in [5, 5.41) is 19.6. The molecular formula is C22H25NO6. The van der Waals surface area contributed by atoms with E-state index in [2.05, 4.69) is 12.1 Å². The van der Waals surface area contributed by atoms with E-state index in [1.165, 1.54) is 11.1 Å². The molecule has 1 aliphatic rings. The van der Waals surface area contributed by atoms with E-state index in [0.29, 0.717) is 0 Å². The minimum absolute atomic E-state index is 0.00480. The van der Waals surface area contributed by atoms with Crippen LogP contribution in [-0.4, -0.2) is 45.6 Å². The molecule has 0 fully saturated rings. The number of benzene rings is 2. The number of carboxylic acids is 1. The average Bonchev–Trinajstić information content (AvgIpc) is 3.04. The second-order valence-electron chi connectivity index (χ2n) is 7.94. The fourth-order valence-corrected chi connectivity index (χ4v) is 3.52. The van der Waals surface area contributed by atoms with Gasteiger partial charge in [-0.15, -0.1) is 5.06 Å². The normalized spacial score (nSPS) is 13.6. The van der Waals surface area contributed by atoms with Crippen molar-refractivity contribution in [3.05, 3.63) is 59.2 Å². The molecule has 0 saturated carbocycles. The summed E-state index contributed by atoms with van der Waals surface area (Å²) in [6, 6.07) is 12.6. The Kier molecular flexibility index (Phi) is 5.91. The monoisotopic (exact) mass is 399 g/mol. The van der Waals surface area contributed by atoms with Crippen molar-refractivity contribution < 1.29 is 29.4 Å². The van der Waals surface area contributed by atoms with E-state index in [1.807, 2.05) is 30.3 Å². The maximum atomic E-state index is 12.3. The lowest BCUT2D eigenvalue weighted by atomic mass is 10.0. The molecule has 0 heterocycles. The van der Waals surface area contributed by atoms with Crippen LogP contribution in [0.25, 0.3) is 11.1 Å². The molecule has 7 heteroatoms. The van der Waals surface area contributed by atoms with Crippen LogP contribution in [-0.2, 0) is 27.4 Å². The summed E-state index contributed by atoms with van der Waals surface area (Å²) in [4.78, 5) is 28.8. The Morgan fingerprint density at radius 1 is 1.10 bits per heavy atom. The molecule has 3 rings (SSSR count). The molecule has 1 atom stereocenters. The third-order valence-electron chi connectivity index (χ3n) is 4.87. The van der Waals surface area contributed by atoms with Gasteiger partial charge in [0.1, 0.15) is 6.61 Å². The van der Waals surface area contributed by atoms with Crippen LogP contribution in [0.4, 0.5) is 4.79 Å². The standard InChI is InChI=1S/C22H25NO6/c1-22(2,3)23(19(12-24)20(25)26)29-21(27)28-13-15-8-6-10-17-16-9-5-4-7-14(16)11-18(15)17/h4-10,19,24H,11-13H2,1-3H3,(H,25,26)/t19-/m0/s1. The van der Waals surface area contributed by atoms with E-state index in [-0.39, 0.29) is 6.61 Å². The molecule has 0 bridgehead atoms. The number of carbonyl (C=O) groups is 2. The summed E-state index contributed by atoms with van der Waals surface area (Å²) in [6.45, 7) is 4.32. The van der Waals surface area contributed by atoms with Crippen molar-refractivity contribution in [1.82, 2.24) is 5.06 Å². The van der Waals surface area contributed by atoms with Gasteiger partial charge in [-0.25, -0.2) is 4.79 Å². The smallest absolute Gasteiger partial charge is 0.480 e. The van der Waals surface area contributed by atoms with Gasteiger partial charge in [0.25, 0.3) is 0 Å². The van der Waals surface area contributed by atoms with Crippen molar-refractivity contribution in [3.8, 4) is 11.1 Å². The Morgan fingerprint density at radius 3 is 2.45 bits per heavy atom. The highest BCUT2D eigenvalue weighted by molar-refractivity contribution is 5.78. The molecule has 0 spiro atoms. The molecule has 0 saturated heterocycles. The average molecular weight is 399 g/mol. The van der Waals surface area contributed by atoms with E-state index < -0.39 is 30.3 Å². The predicted molar refractivity (Wildman–Crippen MR) is 106 cm³/mol. The number of carbonyl (C=O) groups excluding carboxylic acids is 1. The van der Waals surface area contributed by atoms with Gasteiger partial charge in [-0.05, 0) is 55.0 Å². The Balaban J connectivity index is 1.71. The minimum atomic E-state index is -1.39. The quantitative estimate of drug-likeness (QED) is 0.484. The zero-order chi connectivity index (χ0) is 21.2. The second kappa shape index (κ2) is 8.23. The SMILES string of the molecule is CC(C)(C)N(OC(=O)OCc1cccc2c1Cc1ccccc1-2)[C@@H](CO)C(=O)O. The van der Waals surface area contributed by atoms with Gasteiger partial charge in [0.05, 0.1) is 6.61 Å². The molecular weight excluding hydrogens is 374 g/mol. The van der Waals surface area contributed by atoms with Gasteiger partial charge in [-0.1, -0.05) is 42.5 Å². The van der Waals surface area contributed by atoms with Crippen LogP contribution < -0.4 is 0 Å². The molecule has 29 heavy (non-hydrogen) atoms. The number of rotatable bonds is 6. The van der Waals surface area contributed by atoms with Crippen LogP contribution in [0.1, 0.15) is 37.5 Å². The summed E-state index contributed by atoms with van der Waals surface area (Å²) >= 11 is 0. The van der Waals surface area contributed by atoms with Crippen molar-refractivity contribution in [2.24, 2.45) is 0 Å². The highest BCUT2D eigenvalue weighted by Gasteiger charge is 2.37. The molecule has 0 aromatic heterocycles. The molecule has 2 aromatic rings. The number of ether oxygens (including phenoxy) is 1. The predicted octanol–water partition coefficient (Wildman–Crippen LogP) is 3.37. The van der Waals surface area contributed by atoms with Crippen LogP contribution in [0.5, 0.6) is 0 Å². The Morgan fingerprint density at radius 2 is 1.79 bits per heavy atom. The Hall–Kier alpha value is -2.90. The molecule has 0 radical (unpaired) electrons. The van der Waals surface area contributed by atoms with Gasteiger partial charge in [0, 0.05) is 5.54 Å². The fraction of sp³-hybridized carbons (Fsp3) is 0.364. The van der Waals surface area contributed by atoms with Crippen molar-refractivity contribution in [3.63, 3.8) is 0 Å². The van der Waals surface area contributed by atoms with E-state index in [9.17, 15) is 19.8 Å². The lowest BCUT2D eigenvalue weighted by molar-refractivity contribution is -0.217. The summed E-state index contributed by atoms with van der Waals surface area (Å²) in [6.07, 6.45) is -0.257. The third kappa shape index (κ3) is 4.41. The van der Waals surface area contributed by atoms with Crippen molar-refractivity contribution in [2.45, 2.75) is 45.4 Å². The summed E-state index contributed by atoms with van der Waals surface area (Å²) in [5.41, 5.74) is 4.66. The number of aliphatic hydroxyl groups excluding tert-OH is 1. The second-order valence-corrected chi connectivity index (χ2v) is 7.94. The molecule has 1 aliphatic carbocycles. The van der Waals surface area contributed by atoms with E-state index in [0.717, 1.165) is 28.2 Å². The fourth-order valence-electron chi connectivity index (χ4n) is 3.52. The van der Waals surface area contributed by atoms with Crippen LogP contribution >= 0.6 is 0 Å². The minimum Gasteiger partial charge on any atom is -0.480 e. The molecule has 2 aromatic carbocycles. The van der Waals surface area contributed by atoms with Crippen molar-refractivity contribution >= 4 is 12.1 Å². The van der Waals surface area contributed by atoms with Crippen molar-refractivity contribution in [1.29, 1.82) is 0 Å². The molecule has 154 valence electrons. The van der Waals surface area contributed by atoms with Gasteiger partial charge in [-0.2, -0.15) is 0 Å². The van der Waals surface area contributed by atoms with Crippen LogP contribution in [0.3, 0.4) is 0 Å². The van der Waals surface area contributed by atoms with E-state index in [4.69, 9.17) is 9.57 Å². The molecule has 0 unspecified atom stereocenters. The Labute approximate surface area is 169 Å². The van der Waals surface area contributed by atoms with Gasteiger partial charge in [-0.3, -0.25) is 4.79 Å². The topological polar surface area (TPSA) is 96.3 Å². The summed E-state index contributed by atoms with van der Waals surface area (Å²) in [5.74, 6) is -1.30. The zero-order valence-electron chi connectivity index (χ0n) is 16.7. The first-order valence-electron chi connectivity index (χ1n) is 9.39. The van der Waals surface area contributed by atoms with Crippen molar-refractivity contribution in [2.75, 3.05) is 6.61 Å². The van der Waals surface area contributed by atoms with E-state index >= 15 is 0 Å².